The first-order valence-corrected chi connectivity index (χ1v) is 9.16. The van der Waals surface area contributed by atoms with Crippen LogP contribution in [-0.2, 0) is 11.2 Å². The summed E-state index contributed by atoms with van der Waals surface area (Å²) in [4.78, 5) is 11.4. The molecule has 146 valence electrons. The van der Waals surface area contributed by atoms with Gasteiger partial charge in [0.25, 0.3) is 5.91 Å². The Balaban J connectivity index is 2.27. The Kier molecular flexibility index (Phi) is 6.83. The molecule has 27 heavy (non-hydrogen) atoms. The van der Waals surface area contributed by atoms with Gasteiger partial charge in [-0.2, -0.15) is 0 Å². The number of ether oxygens (including phenoxy) is 1. The summed E-state index contributed by atoms with van der Waals surface area (Å²) in [5.41, 5.74) is 10.5. The quantitative estimate of drug-likeness (QED) is 0.724. The van der Waals surface area contributed by atoms with Gasteiger partial charge in [-0.25, -0.2) is 0 Å². The number of hydrogen-bond acceptors (Lipinski definition) is 3. The molecule has 0 radical (unpaired) electrons. The molecule has 1 atom stereocenters. The van der Waals surface area contributed by atoms with E-state index in [2.05, 4.69) is 0 Å². The predicted octanol–water partition coefficient (Wildman–Crippen LogP) is 4.32. The summed E-state index contributed by atoms with van der Waals surface area (Å²) >= 11 is 0. The highest BCUT2D eigenvalue weighted by Crippen LogP contribution is 2.29. The maximum Gasteiger partial charge on any atom is 0.258 e. The Labute approximate surface area is 160 Å². The van der Waals surface area contributed by atoms with E-state index in [1.165, 1.54) is 0 Å². The van der Waals surface area contributed by atoms with E-state index in [9.17, 15) is 14.3 Å². The molecule has 0 aliphatic carbocycles. The molecule has 1 amide bonds. The normalized spacial score (nSPS) is 12.2. The number of carbonyl (C=O) groups is 1. The first-order chi connectivity index (χ1) is 12.7. The van der Waals surface area contributed by atoms with Crippen molar-refractivity contribution >= 4 is 5.91 Å². The lowest BCUT2D eigenvalue weighted by atomic mass is 9.93. The first-order valence-electron chi connectivity index (χ1n) is 9.16. The number of hydrogen-bond donors (Lipinski definition) is 2. The van der Waals surface area contributed by atoms with Gasteiger partial charge in [0.2, 0.25) is 0 Å². The second kappa shape index (κ2) is 8.89. The van der Waals surface area contributed by atoms with E-state index in [0.29, 0.717) is 11.5 Å². The zero-order chi connectivity index (χ0) is 20.1. The fraction of sp³-hybridized carbons (Fsp3) is 0.409. The molecule has 0 aliphatic rings. The third-order valence-corrected chi connectivity index (χ3v) is 4.73. The highest BCUT2D eigenvalue weighted by Gasteiger charge is 2.18. The summed E-state index contributed by atoms with van der Waals surface area (Å²) in [6.45, 7) is 7.39. The van der Waals surface area contributed by atoms with Gasteiger partial charge in [-0.3, -0.25) is 9.18 Å². The molecule has 0 aliphatic heterocycles. The number of rotatable bonds is 8. The van der Waals surface area contributed by atoms with Crippen molar-refractivity contribution in [2.45, 2.75) is 52.6 Å². The van der Waals surface area contributed by atoms with Crippen LogP contribution in [-0.4, -0.2) is 23.8 Å². The molecular weight excluding hydrogens is 345 g/mol. The largest absolute Gasteiger partial charge is 0.508 e. The summed E-state index contributed by atoms with van der Waals surface area (Å²) in [6, 6.07) is 9.39. The molecule has 1 unspecified atom stereocenters. The van der Waals surface area contributed by atoms with Crippen molar-refractivity contribution < 1.29 is 19.0 Å². The van der Waals surface area contributed by atoms with Crippen LogP contribution in [0.15, 0.2) is 30.3 Å². The van der Waals surface area contributed by atoms with E-state index in [4.69, 9.17) is 10.5 Å². The molecule has 3 N–H and O–H groups in total. The van der Waals surface area contributed by atoms with E-state index in [0.717, 1.165) is 34.2 Å². The number of aryl methyl sites for hydroxylation is 2. The van der Waals surface area contributed by atoms with Crippen LogP contribution < -0.4 is 10.5 Å². The van der Waals surface area contributed by atoms with Crippen LogP contribution in [0.1, 0.15) is 54.0 Å². The van der Waals surface area contributed by atoms with Crippen LogP contribution in [0, 0.1) is 13.8 Å². The van der Waals surface area contributed by atoms with Gasteiger partial charge < -0.3 is 15.6 Å². The van der Waals surface area contributed by atoms with Crippen molar-refractivity contribution in [3.05, 3.63) is 58.1 Å². The number of nitrogens with two attached hydrogens (primary N) is 1. The number of carbonyl (C=O) groups excluding carboxylic acids is 1. The van der Waals surface area contributed by atoms with Crippen molar-refractivity contribution in [2.75, 3.05) is 6.67 Å². The van der Waals surface area contributed by atoms with Crippen molar-refractivity contribution in [1.82, 2.24) is 0 Å². The lowest BCUT2D eigenvalue weighted by Gasteiger charge is -2.18. The molecular formula is C22H28FNO3. The zero-order valence-corrected chi connectivity index (χ0v) is 16.4. The molecule has 0 fully saturated rings. The summed E-state index contributed by atoms with van der Waals surface area (Å²) in [5, 5.41) is 10.0. The number of aromatic hydroxyl groups is 1. The lowest BCUT2D eigenvalue weighted by molar-refractivity contribution is -0.125. The number of alkyl halides is 1. The Bertz CT molecular complexity index is 794. The number of primary amides is 1. The summed E-state index contributed by atoms with van der Waals surface area (Å²) < 4.78 is 18.2. The second-order valence-electron chi connectivity index (χ2n) is 7.25. The Morgan fingerprint density at radius 1 is 1.19 bits per heavy atom. The minimum absolute atomic E-state index is 0.0549. The number of benzene rings is 2. The first kappa shape index (κ1) is 20.7. The van der Waals surface area contributed by atoms with Gasteiger partial charge in [0.15, 0.2) is 6.10 Å². The smallest absolute Gasteiger partial charge is 0.258 e. The molecule has 0 spiro atoms. The maximum atomic E-state index is 12.6. The zero-order valence-electron chi connectivity index (χ0n) is 16.4. The molecule has 5 heteroatoms. The highest BCUT2D eigenvalue weighted by atomic mass is 19.1. The van der Waals surface area contributed by atoms with Crippen molar-refractivity contribution in [2.24, 2.45) is 5.73 Å². The van der Waals surface area contributed by atoms with E-state index in [-0.39, 0.29) is 12.3 Å². The lowest BCUT2D eigenvalue weighted by Crippen LogP contribution is -2.34. The van der Waals surface area contributed by atoms with Crippen molar-refractivity contribution in [3.63, 3.8) is 0 Å². The third-order valence-electron chi connectivity index (χ3n) is 4.73. The average molecular weight is 373 g/mol. The molecule has 0 aromatic heterocycles. The van der Waals surface area contributed by atoms with Crippen molar-refractivity contribution in [3.8, 4) is 11.5 Å². The van der Waals surface area contributed by atoms with Crippen LogP contribution in [0.25, 0.3) is 0 Å². The molecule has 0 saturated carbocycles. The molecule has 0 bridgehead atoms. The summed E-state index contributed by atoms with van der Waals surface area (Å²) in [5.74, 6) is 0.400. The summed E-state index contributed by atoms with van der Waals surface area (Å²) in [6.07, 6.45) is -0.298. The van der Waals surface area contributed by atoms with Crippen LogP contribution in [0.4, 0.5) is 4.39 Å². The fourth-order valence-electron chi connectivity index (χ4n) is 3.20. The van der Waals surface area contributed by atoms with Gasteiger partial charge in [0.05, 0.1) is 6.67 Å². The summed E-state index contributed by atoms with van der Waals surface area (Å²) in [7, 11) is 0. The topological polar surface area (TPSA) is 72.5 Å². The number of amides is 1. The minimum Gasteiger partial charge on any atom is -0.508 e. The van der Waals surface area contributed by atoms with Crippen LogP contribution in [0.2, 0.25) is 0 Å². The molecule has 4 nitrogen and oxygen atoms in total. The van der Waals surface area contributed by atoms with E-state index in [1.807, 2.05) is 52.0 Å². The van der Waals surface area contributed by atoms with Crippen molar-refractivity contribution in [1.29, 1.82) is 0 Å². The maximum absolute atomic E-state index is 12.6. The Morgan fingerprint density at radius 3 is 2.33 bits per heavy atom. The molecule has 2 aromatic carbocycles. The van der Waals surface area contributed by atoms with E-state index < -0.39 is 18.7 Å². The van der Waals surface area contributed by atoms with Crippen LogP contribution in [0.3, 0.4) is 0 Å². The number of phenolic OH excluding ortho intramolecular Hbond substituents is 1. The van der Waals surface area contributed by atoms with E-state index >= 15 is 0 Å². The minimum atomic E-state index is -0.967. The monoisotopic (exact) mass is 373 g/mol. The van der Waals surface area contributed by atoms with E-state index in [1.54, 1.807) is 6.07 Å². The highest BCUT2D eigenvalue weighted by molar-refractivity contribution is 5.79. The Morgan fingerprint density at radius 2 is 1.81 bits per heavy atom. The van der Waals surface area contributed by atoms with Gasteiger partial charge >= 0.3 is 0 Å². The van der Waals surface area contributed by atoms with Gasteiger partial charge in [0, 0.05) is 6.42 Å². The fourth-order valence-corrected chi connectivity index (χ4v) is 3.20. The average Bonchev–Trinajstić information content (AvgIpc) is 2.58. The molecule has 2 rings (SSSR count). The second-order valence-corrected chi connectivity index (χ2v) is 7.25. The van der Waals surface area contributed by atoms with Gasteiger partial charge in [-0.05, 0) is 72.2 Å². The molecule has 0 heterocycles. The number of phenols is 1. The van der Waals surface area contributed by atoms with Gasteiger partial charge in [0.1, 0.15) is 11.5 Å². The predicted molar refractivity (Wildman–Crippen MR) is 105 cm³/mol. The third kappa shape index (κ3) is 5.22. The van der Waals surface area contributed by atoms with Crippen LogP contribution in [0.5, 0.6) is 11.5 Å². The standard InChI is InChI=1S/C22H28FNO3/c1-13(2)18-11-16(5-6-20(18)25)12-19-14(3)9-17(10-15(19)4)27-21(7-8-23)22(24)26/h5-6,9-11,13,21,25H,7-8,12H2,1-4H3,(H2,24,26). The SMILES string of the molecule is Cc1cc(OC(CCF)C(N)=O)cc(C)c1Cc1ccc(O)c(C(C)C)c1. The number of halogens is 1. The van der Waals surface area contributed by atoms with Gasteiger partial charge in [-0.1, -0.05) is 26.0 Å². The Hall–Kier alpha value is -2.56. The molecule has 0 saturated heterocycles. The molecule has 2 aromatic rings. The van der Waals surface area contributed by atoms with Crippen LogP contribution >= 0.6 is 0 Å². The van der Waals surface area contributed by atoms with Gasteiger partial charge in [-0.15, -0.1) is 0 Å².